The van der Waals surface area contributed by atoms with Gasteiger partial charge in [0.15, 0.2) is 10.8 Å². The number of benzene rings is 1. The van der Waals surface area contributed by atoms with E-state index in [2.05, 4.69) is 4.98 Å². The number of rotatable bonds is 6. The summed E-state index contributed by atoms with van der Waals surface area (Å²) in [6.45, 7) is 2.56. The third-order valence-corrected chi connectivity index (χ3v) is 6.70. The number of thiazole rings is 1. The molecule has 1 saturated heterocycles. The number of carbonyl (C=O) groups excluding carboxylic acids is 1. The number of hydrogen-bond donors (Lipinski definition) is 1. The van der Waals surface area contributed by atoms with Crippen molar-refractivity contribution in [3.63, 3.8) is 0 Å². The predicted octanol–water partition coefficient (Wildman–Crippen LogP) is 2.93. The van der Waals surface area contributed by atoms with Gasteiger partial charge in [-0.3, -0.25) is 14.7 Å². The maximum atomic E-state index is 13.7. The average Bonchev–Trinajstić information content (AvgIpc) is 3.33. The standard InChI is InChI=1S/C22H22ClFN4O5S/c1-12-18(21(29)30)27(6-7-33-12)11-28-10-15(22(31)32-2)17(14-4-3-13(24)9-16(14)23)26-19(28)20-25-5-8-34-20/h3-5,8-10,12,17-18H,6-7,11H2,1-2H3,(H,29,30)/t12-,17?,18+/m1/s1. The van der Waals surface area contributed by atoms with E-state index in [0.29, 0.717) is 29.6 Å². The fraction of sp³-hybridized carbons (Fsp3) is 0.364. The minimum atomic E-state index is -1.01. The summed E-state index contributed by atoms with van der Waals surface area (Å²) in [5.41, 5.74) is 0.598. The molecule has 1 unspecified atom stereocenters. The Balaban J connectivity index is 1.78. The molecular weight excluding hydrogens is 487 g/mol. The highest BCUT2D eigenvalue weighted by molar-refractivity contribution is 7.11. The molecular formula is C22H22ClFN4O5S. The number of methoxy groups -OCH3 is 1. The molecule has 2 aliphatic heterocycles. The zero-order valence-corrected chi connectivity index (χ0v) is 19.9. The topological polar surface area (TPSA) is 105 Å². The molecule has 1 aromatic carbocycles. The van der Waals surface area contributed by atoms with Crippen molar-refractivity contribution in [3.8, 4) is 0 Å². The second kappa shape index (κ2) is 10.2. The molecule has 0 aliphatic carbocycles. The number of carboxylic acid groups (broad SMARTS) is 1. The molecule has 2 aliphatic rings. The summed E-state index contributed by atoms with van der Waals surface area (Å²) < 4.78 is 24.2. The highest BCUT2D eigenvalue weighted by Crippen LogP contribution is 2.36. The third-order valence-electron chi connectivity index (χ3n) is 5.60. The number of hydrogen-bond acceptors (Lipinski definition) is 9. The minimum Gasteiger partial charge on any atom is -0.480 e. The van der Waals surface area contributed by atoms with Gasteiger partial charge in [-0.15, -0.1) is 11.3 Å². The van der Waals surface area contributed by atoms with Crippen molar-refractivity contribution in [3.05, 3.63) is 63.0 Å². The highest BCUT2D eigenvalue weighted by Gasteiger charge is 2.38. The fourth-order valence-corrected chi connectivity index (χ4v) is 4.94. The van der Waals surface area contributed by atoms with E-state index in [-0.39, 0.29) is 17.3 Å². The van der Waals surface area contributed by atoms with E-state index in [1.165, 1.54) is 30.6 Å². The van der Waals surface area contributed by atoms with Gasteiger partial charge in [0.2, 0.25) is 0 Å². The van der Waals surface area contributed by atoms with E-state index in [4.69, 9.17) is 26.1 Å². The molecule has 0 saturated carbocycles. The second-order valence-electron chi connectivity index (χ2n) is 7.72. The molecule has 2 aromatic rings. The van der Waals surface area contributed by atoms with E-state index >= 15 is 0 Å². The Kier molecular flexibility index (Phi) is 7.27. The summed E-state index contributed by atoms with van der Waals surface area (Å²) in [5, 5.41) is 12.2. The van der Waals surface area contributed by atoms with Crippen LogP contribution in [0.3, 0.4) is 0 Å². The average molecular weight is 509 g/mol. The van der Waals surface area contributed by atoms with Crippen molar-refractivity contribution in [2.45, 2.75) is 25.1 Å². The number of halogens is 2. The van der Waals surface area contributed by atoms with Gasteiger partial charge in [0.1, 0.15) is 17.9 Å². The van der Waals surface area contributed by atoms with Gasteiger partial charge >= 0.3 is 11.9 Å². The molecule has 180 valence electrons. The van der Waals surface area contributed by atoms with Crippen molar-refractivity contribution in [1.29, 1.82) is 0 Å². The van der Waals surface area contributed by atoms with Gasteiger partial charge in [-0.25, -0.2) is 14.2 Å². The first-order valence-corrected chi connectivity index (χ1v) is 11.6. The Labute approximate surface area is 204 Å². The molecule has 1 fully saturated rings. The first-order valence-electron chi connectivity index (χ1n) is 10.4. The van der Waals surface area contributed by atoms with Crippen LogP contribution in [0.2, 0.25) is 5.02 Å². The molecule has 12 heteroatoms. The van der Waals surface area contributed by atoms with E-state index in [1.807, 2.05) is 0 Å². The maximum absolute atomic E-state index is 13.7. The monoisotopic (exact) mass is 508 g/mol. The van der Waals surface area contributed by atoms with Gasteiger partial charge < -0.3 is 19.5 Å². The summed E-state index contributed by atoms with van der Waals surface area (Å²) >= 11 is 7.65. The van der Waals surface area contributed by atoms with Crippen LogP contribution < -0.4 is 0 Å². The van der Waals surface area contributed by atoms with Crippen LogP contribution in [0.5, 0.6) is 0 Å². The quantitative estimate of drug-likeness (QED) is 0.594. The largest absolute Gasteiger partial charge is 0.480 e. The second-order valence-corrected chi connectivity index (χ2v) is 9.02. The van der Waals surface area contributed by atoms with Gasteiger partial charge in [0, 0.05) is 34.9 Å². The molecule has 0 radical (unpaired) electrons. The van der Waals surface area contributed by atoms with Crippen molar-refractivity contribution < 1.29 is 28.6 Å². The Morgan fingerprint density at radius 2 is 2.21 bits per heavy atom. The SMILES string of the molecule is COC(=O)C1=CN(CN2CCO[C@H](C)[C@H]2C(=O)O)C(c2nccs2)=NC1c1ccc(F)cc1Cl. The molecule has 9 nitrogen and oxygen atoms in total. The normalized spacial score (nSPS) is 23.3. The summed E-state index contributed by atoms with van der Waals surface area (Å²) in [7, 11) is 1.25. The van der Waals surface area contributed by atoms with E-state index in [1.54, 1.807) is 34.5 Å². The van der Waals surface area contributed by atoms with Crippen molar-refractivity contribution in [2.24, 2.45) is 4.99 Å². The van der Waals surface area contributed by atoms with Crippen LogP contribution in [0, 0.1) is 5.82 Å². The number of nitrogens with zero attached hydrogens (tertiary/aromatic N) is 4. The van der Waals surface area contributed by atoms with Crippen LogP contribution in [0.4, 0.5) is 4.39 Å². The summed E-state index contributed by atoms with van der Waals surface area (Å²) in [5.74, 6) is -1.73. The number of amidine groups is 1. The van der Waals surface area contributed by atoms with E-state index in [9.17, 15) is 19.1 Å². The minimum absolute atomic E-state index is 0.114. The molecule has 4 rings (SSSR count). The maximum Gasteiger partial charge on any atom is 0.337 e. The first kappa shape index (κ1) is 24.3. The highest BCUT2D eigenvalue weighted by atomic mass is 35.5. The number of esters is 1. The Bertz CT molecular complexity index is 1140. The van der Waals surface area contributed by atoms with E-state index < -0.39 is 35.9 Å². The number of ether oxygens (including phenoxy) is 2. The van der Waals surface area contributed by atoms with Gasteiger partial charge in [-0.2, -0.15) is 0 Å². The number of aliphatic imine (C=N–C) groups is 1. The summed E-state index contributed by atoms with van der Waals surface area (Å²) in [4.78, 5) is 37.2. The van der Waals surface area contributed by atoms with Crippen LogP contribution in [0.15, 0.2) is 46.5 Å². The summed E-state index contributed by atoms with van der Waals surface area (Å²) in [6.07, 6.45) is 2.67. The summed E-state index contributed by atoms with van der Waals surface area (Å²) in [6, 6.07) is 2.12. The molecule has 3 atom stereocenters. The third kappa shape index (κ3) is 4.83. The lowest BCUT2D eigenvalue weighted by molar-refractivity contribution is -0.157. The lowest BCUT2D eigenvalue weighted by Crippen LogP contribution is -2.57. The van der Waals surface area contributed by atoms with Crippen molar-refractivity contribution in [2.75, 3.05) is 26.9 Å². The van der Waals surface area contributed by atoms with Crippen LogP contribution in [-0.4, -0.2) is 76.7 Å². The molecule has 0 amide bonds. The lowest BCUT2D eigenvalue weighted by atomic mass is 9.98. The fourth-order valence-electron chi connectivity index (χ4n) is 4.02. The smallest absolute Gasteiger partial charge is 0.337 e. The number of aliphatic carboxylic acids is 1. The van der Waals surface area contributed by atoms with Crippen LogP contribution in [0.1, 0.15) is 23.5 Å². The number of aromatic nitrogens is 1. The zero-order valence-electron chi connectivity index (χ0n) is 18.4. The van der Waals surface area contributed by atoms with Gasteiger partial charge in [0.25, 0.3) is 0 Å². The molecule has 0 bridgehead atoms. The van der Waals surface area contributed by atoms with Crippen LogP contribution in [0.25, 0.3) is 0 Å². The van der Waals surface area contributed by atoms with Crippen LogP contribution in [-0.2, 0) is 19.1 Å². The first-order chi connectivity index (χ1) is 16.3. The Morgan fingerprint density at radius 3 is 2.85 bits per heavy atom. The van der Waals surface area contributed by atoms with Crippen molar-refractivity contribution >= 4 is 40.7 Å². The Morgan fingerprint density at radius 1 is 1.41 bits per heavy atom. The molecule has 1 N–H and O–H groups in total. The predicted molar refractivity (Wildman–Crippen MR) is 123 cm³/mol. The van der Waals surface area contributed by atoms with Gasteiger partial charge in [0.05, 0.1) is 32.1 Å². The Hall–Kier alpha value is -2.86. The molecule has 34 heavy (non-hydrogen) atoms. The number of carboxylic acids is 1. The van der Waals surface area contributed by atoms with Crippen LogP contribution >= 0.6 is 22.9 Å². The van der Waals surface area contributed by atoms with Crippen molar-refractivity contribution in [1.82, 2.24) is 14.8 Å². The zero-order chi connectivity index (χ0) is 24.4. The molecule has 0 spiro atoms. The van der Waals surface area contributed by atoms with Gasteiger partial charge in [-0.1, -0.05) is 17.7 Å². The van der Waals surface area contributed by atoms with Gasteiger partial charge in [-0.05, 0) is 19.1 Å². The number of morpholine rings is 1. The molecule has 1 aromatic heterocycles. The number of carbonyl (C=O) groups is 2. The molecule has 3 heterocycles. The lowest BCUT2D eigenvalue weighted by Gasteiger charge is -2.40. The van der Waals surface area contributed by atoms with E-state index in [0.717, 1.165) is 6.07 Å².